The summed E-state index contributed by atoms with van der Waals surface area (Å²) in [4.78, 5) is 6.58. The second-order valence-electron chi connectivity index (χ2n) is 4.66. The Morgan fingerprint density at radius 1 is 1.39 bits per heavy atom. The minimum Gasteiger partial charge on any atom is -0.424 e. The second kappa shape index (κ2) is 5.27. The number of hydrogen-bond acceptors (Lipinski definition) is 5. The largest absolute Gasteiger partial charge is 0.424 e. The fourth-order valence-corrected chi connectivity index (χ4v) is 2.01. The van der Waals surface area contributed by atoms with Gasteiger partial charge in [0.05, 0.1) is 0 Å². The van der Waals surface area contributed by atoms with Gasteiger partial charge in [0.1, 0.15) is 5.52 Å². The summed E-state index contributed by atoms with van der Waals surface area (Å²) in [5.41, 5.74) is 9.57. The Morgan fingerprint density at radius 3 is 2.83 bits per heavy atom. The third kappa shape index (κ3) is 2.56. The molecule has 0 aliphatic carbocycles. The van der Waals surface area contributed by atoms with Gasteiger partial charge in [0.15, 0.2) is 5.58 Å². The van der Waals surface area contributed by atoms with Gasteiger partial charge in [-0.1, -0.05) is 0 Å². The van der Waals surface area contributed by atoms with Crippen molar-refractivity contribution in [3.8, 4) is 0 Å². The molecule has 2 aromatic rings. The number of benzene rings is 1. The molecule has 3 N–H and O–H groups in total. The van der Waals surface area contributed by atoms with Crippen LogP contribution in [0.25, 0.3) is 11.1 Å². The Bertz CT molecular complexity index is 533. The van der Waals surface area contributed by atoms with Crippen LogP contribution in [0.5, 0.6) is 0 Å². The highest BCUT2D eigenvalue weighted by Crippen LogP contribution is 2.27. The predicted octanol–water partition coefficient (Wildman–Crippen LogP) is 1.95. The lowest BCUT2D eigenvalue weighted by molar-refractivity contribution is 0.400. The van der Waals surface area contributed by atoms with E-state index < -0.39 is 0 Å². The van der Waals surface area contributed by atoms with E-state index in [-0.39, 0.29) is 0 Å². The van der Waals surface area contributed by atoms with Gasteiger partial charge in [0, 0.05) is 18.3 Å². The van der Waals surface area contributed by atoms with Crippen LogP contribution in [0.2, 0.25) is 0 Å². The molecule has 5 nitrogen and oxygen atoms in total. The van der Waals surface area contributed by atoms with E-state index in [2.05, 4.69) is 29.3 Å². The van der Waals surface area contributed by atoms with Crippen molar-refractivity contribution in [2.75, 3.05) is 38.7 Å². The fourth-order valence-electron chi connectivity index (χ4n) is 2.01. The third-order valence-corrected chi connectivity index (χ3v) is 2.95. The molecular weight excluding hydrogens is 228 g/mol. The van der Waals surface area contributed by atoms with Crippen molar-refractivity contribution in [3.05, 3.63) is 17.7 Å². The molecule has 0 atom stereocenters. The molecule has 0 radical (unpaired) electrons. The van der Waals surface area contributed by atoms with Crippen LogP contribution >= 0.6 is 0 Å². The lowest BCUT2D eigenvalue weighted by atomic mass is 10.1. The van der Waals surface area contributed by atoms with Gasteiger partial charge in [-0.15, -0.1) is 0 Å². The van der Waals surface area contributed by atoms with E-state index in [1.54, 1.807) is 7.05 Å². The maximum absolute atomic E-state index is 6.04. The zero-order valence-corrected chi connectivity index (χ0v) is 11.2. The van der Waals surface area contributed by atoms with Gasteiger partial charge in [-0.2, -0.15) is 4.98 Å². The first kappa shape index (κ1) is 12.7. The Kier molecular flexibility index (Phi) is 3.72. The third-order valence-electron chi connectivity index (χ3n) is 2.95. The number of anilines is 2. The van der Waals surface area contributed by atoms with Crippen LogP contribution < -0.4 is 11.1 Å². The van der Waals surface area contributed by atoms with E-state index in [1.165, 1.54) is 0 Å². The van der Waals surface area contributed by atoms with E-state index in [9.17, 15) is 0 Å². The summed E-state index contributed by atoms with van der Waals surface area (Å²) in [6, 6.07) is 4.29. The molecule has 1 aromatic heterocycles. The lowest BCUT2D eigenvalue weighted by Crippen LogP contribution is -2.13. The maximum Gasteiger partial charge on any atom is 0.295 e. The van der Waals surface area contributed by atoms with E-state index >= 15 is 0 Å². The molecule has 2 rings (SSSR count). The molecule has 0 spiro atoms. The van der Waals surface area contributed by atoms with Crippen molar-refractivity contribution < 1.29 is 4.42 Å². The molecule has 0 saturated carbocycles. The summed E-state index contributed by atoms with van der Waals surface area (Å²) in [6.45, 7) is 1.03. The number of aromatic nitrogens is 1. The quantitative estimate of drug-likeness (QED) is 0.792. The summed E-state index contributed by atoms with van der Waals surface area (Å²) in [5, 5.41) is 2.91. The van der Waals surface area contributed by atoms with Crippen LogP contribution in [-0.2, 0) is 6.42 Å². The number of nitrogens with zero attached hydrogens (tertiary/aromatic N) is 2. The molecular formula is C13H20N4O. The molecule has 0 fully saturated rings. The Labute approximate surface area is 107 Å². The Hall–Kier alpha value is -1.75. The lowest BCUT2D eigenvalue weighted by Gasteiger charge is -2.10. The molecule has 18 heavy (non-hydrogen) atoms. The monoisotopic (exact) mass is 248 g/mol. The van der Waals surface area contributed by atoms with Crippen LogP contribution in [0.3, 0.4) is 0 Å². The zero-order chi connectivity index (χ0) is 13.1. The van der Waals surface area contributed by atoms with Crippen molar-refractivity contribution in [2.45, 2.75) is 12.8 Å². The van der Waals surface area contributed by atoms with E-state index in [0.29, 0.717) is 6.01 Å². The van der Waals surface area contributed by atoms with Crippen molar-refractivity contribution in [1.82, 2.24) is 9.88 Å². The highest BCUT2D eigenvalue weighted by molar-refractivity contribution is 5.83. The molecule has 98 valence electrons. The number of oxazole rings is 1. The highest BCUT2D eigenvalue weighted by Gasteiger charge is 2.11. The summed E-state index contributed by atoms with van der Waals surface area (Å²) in [7, 11) is 5.93. The normalized spacial score (nSPS) is 11.3. The number of nitrogens with one attached hydrogen (secondary N) is 1. The number of aryl methyl sites for hydroxylation is 1. The first-order valence-corrected chi connectivity index (χ1v) is 6.12. The summed E-state index contributed by atoms with van der Waals surface area (Å²) >= 11 is 0. The first-order valence-electron chi connectivity index (χ1n) is 6.12. The number of nitrogens with two attached hydrogens (primary N) is 1. The minimum atomic E-state index is 0.532. The SMILES string of the molecule is CNc1nc2c(CCCN(C)C)c(N)ccc2o1. The van der Waals surface area contributed by atoms with Gasteiger partial charge in [-0.25, -0.2) is 0 Å². The zero-order valence-electron chi connectivity index (χ0n) is 11.2. The molecule has 5 heteroatoms. The van der Waals surface area contributed by atoms with Crippen LogP contribution in [0.1, 0.15) is 12.0 Å². The average Bonchev–Trinajstić information content (AvgIpc) is 2.75. The Balaban J connectivity index is 2.29. The van der Waals surface area contributed by atoms with Crippen molar-refractivity contribution in [2.24, 2.45) is 0 Å². The summed E-state index contributed by atoms with van der Waals surface area (Å²) in [5.74, 6) is 0. The number of hydrogen-bond donors (Lipinski definition) is 2. The van der Waals surface area contributed by atoms with E-state index in [0.717, 1.165) is 41.7 Å². The minimum absolute atomic E-state index is 0.532. The second-order valence-corrected chi connectivity index (χ2v) is 4.66. The number of rotatable bonds is 5. The van der Waals surface area contributed by atoms with Crippen molar-refractivity contribution in [1.29, 1.82) is 0 Å². The van der Waals surface area contributed by atoms with Gasteiger partial charge in [0.25, 0.3) is 6.01 Å². The van der Waals surface area contributed by atoms with Crippen molar-refractivity contribution >= 4 is 22.8 Å². The molecule has 0 aliphatic heterocycles. The highest BCUT2D eigenvalue weighted by atomic mass is 16.4. The van der Waals surface area contributed by atoms with Gasteiger partial charge in [-0.3, -0.25) is 0 Å². The van der Waals surface area contributed by atoms with Gasteiger partial charge in [0.2, 0.25) is 0 Å². The molecule has 0 unspecified atom stereocenters. The van der Waals surface area contributed by atoms with Gasteiger partial charge in [-0.05, 0) is 45.6 Å². The molecule has 1 heterocycles. The van der Waals surface area contributed by atoms with Crippen LogP contribution in [0.15, 0.2) is 16.5 Å². The first-order chi connectivity index (χ1) is 8.61. The van der Waals surface area contributed by atoms with E-state index in [4.69, 9.17) is 10.2 Å². The van der Waals surface area contributed by atoms with E-state index in [1.807, 2.05) is 12.1 Å². The summed E-state index contributed by atoms with van der Waals surface area (Å²) in [6.07, 6.45) is 1.97. The molecule has 0 aliphatic rings. The van der Waals surface area contributed by atoms with Gasteiger partial charge < -0.3 is 20.4 Å². The predicted molar refractivity (Wildman–Crippen MR) is 74.8 cm³/mol. The van der Waals surface area contributed by atoms with Crippen LogP contribution in [-0.4, -0.2) is 37.6 Å². The summed E-state index contributed by atoms with van der Waals surface area (Å²) < 4.78 is 5.55. The Morgan fingerprint density at radius 2 is 2.17 bits per heavy atom. The molecule has 0 amide bonds. The van der Waals surface area contributed by atoms with Crippen LogP contribution in [0, 0.1) is 0 Å². The number of nitrogen functional groups attached to an aromatic ring is 1. The number of fused-ring (bicyclic) bond motifs is 1. The van der Waals surface area contributed by atoms with Gasteiger partial charge >= 0.3 is 0 Å². The fraction of sp³-hybridized carbons (Fsp3) is 0.462. The standard InChI is InChI=1S/C13H20N4O/c1-15-13-16-12-9(5-4-8-17(2)3)10(14)6-7-11(12)18-13/h6-7H,4-5,8,14H2,1-3H3,(H,15,16). The molecule has 1 aromatic carbocycles. The topological polar surface area (TPSA) is 67.3 Å². The molecule has 0 bridgehead atoms. The maximum atomic E-state index is 6.04. The molecule has 0 saturated heterocycles. The van der Waals surface area contributed by atoms with Crippen molar-refractivity contribution in [3.63, 3.8) is 0 Å². The van der Waals surface area contributed by atoms with Crippen LogP contribution in [0.4, 0.5) is 11.7 Å². The average molecular weight is 248 g/mol. The smallest absolute Gasteiger partial charge is 0.295 e.